The number of carbonyl (C=O) groups excluding carboxylic acids is 1. The Hall–Kier alpha value is -0.610. The fraction of sp³-hybridized carbons (Fsp3) is 0.923. The minimum absolute atomic E-state index is 0.174. The number of hydrogen-bond donors (Lipinski definition) is 1. The quantitative estimate of drug-likeness (QED) is 0.653. The number of likely N-dealkylation sites (N-methyl/N-ethyl adjacent to an activating group) is 1. The second-order valence-electron chi connectivity index (χ2n) is 5.09. The van der Waals surface area contributed by atoms with Crippen molar-refractivity contribution >= 4 is 5.97 Å². The fourth-order valence-electron chi connectivity index (χ4n) is 2.13. The molecule has 17 heavy (non-hydrogen) atoms. The Bertz CT molecular complexity index is 254. The van der Waals surface area contributed by atoms with Crippen molar-refractivity contribution in [3.05, 3.63) is 0 Å². The van der Waals surface area contributed by atoms with Gasteiger partial charge in [0.2, 0.25) is 0 Å². The number of nitrogens with zero attached hydrogens (tertiary/aromatic N) is 1. The second kappa shape index (κ2) is 6.36. The van der Waals surface area contributed by atoms with Crippen LogP contribution in [0.1, 0.15) is 39.5 Å². The van der Waals surface area contributed by atoms with Crippen LogP contribution in [0.15, 0.2) is 0 Å². The first-order chi connectivity index (χ1) is 8.07. The van der Waals surface area contributed by atoms with E-state index in [1.807, 2.05) is 14.0 Å². The number of esters is 1. The summed E-state index contributed by atoms with van der Waals surface area (Å²) in [5.41, 5.74) is -0.560. The molecular formula is C13H26N2O2. The maximum Gasteiger partial charge on any atom is 0.325 e. The number of nitrogens with one attached hydrogen (secondary N) is 1. The first-order valence-corrected chi connectivity index (χ1v) is 6.58. The van der Waals surface area contributed by atoms with Crippen molar-refractivity contribution < 1.29 is 9.53 Å². The summed E-state index contributed by atoms with van der Waals surface area (Å²) in [6, 6.07) is 0.758. The summed E-state index contributed by atoms with van der Waals surface area (Å²) in [7, 11) is 3.26. The van der Waals surface area contributed by atoms with Gasteiger partial charge in [-0.2, -0.15) is 0 Å². The van der Waals surface area contributed by atoms with Gasteiger partial charge in [0, 0.05) is 12.6 Å². The third kappa shape index (κ3) is 3.96. The lowest BCUT2D eigenvalue weighted by atomic mass is 9.98. The molecule has 0 saturated heterocycles. The van der Waals surface area contributed by atoms with Crippen molar-refractivity contribution in [1.82, 2.24) is 10.2 Å². The molecule has 4 nitrogen and oxygen atoms in total. The molecule has 1 unspecified atom stereocenters. The summed E-state index contributed by atoms with van der Waals surface area (Å²) in [6.07, 6.45) is 4.60. The van der Waals surface area contributed by atoms with E-state index in [1.54, 1.807) is 0 Å². The van der Waals surface area contributed by atoms with E-state index in [0.29, 0.717) is 0 Å². The summed E-state index contributed by atoms with van der Waals surface area (Å²) >= 11 is 0. The number of rotatable bonds is 8. The fourth-order valence-corrected chi connectivity index (χ4v) is 2.13. The van der Waals surface area contributed by atoms with Crippen LogP contribution in [0.2, 0.25) is 0 Å². The van der Waals surface area contributed by atoms with Crippen molar-refractivity contribution in [3.63, 3.8) is 0 Å². The molecule has 0 heterocycles. The molecule has 1 saturated carbocycles. The lowest BCUT2D eigenvalue weighted by Gasteiger charge is -2.30. The van der Waals surface area contributed by atoms with E-state index in [9.17, 15) is 4.79 Å². The molecule has 1 rings (SSSR count). The van der Waals surface area contributed by atoms with Crippen molar-refractivity contribution in [2.45, 2.75) is 51.1 Å². The highest BCUT2D eigenvalue weighted by Crippen LogP contribution is 2.28. The Balaban J connectivity index is 2.47. The molecule has 1 fully saturated rings. The zero-order valence-electron chi connectivity index (χ0n) is 11.6. The van der Waals surface area contributed by atoms with Gasteiger partial charge in [-0.1, -0.05) is 6.92 Å². The van der Waals surface area contributed by atoms with Gasteiger partial charge in [0.25, 0.3) is 0 Å². The van der Waals surface area contributed by atoms with Gasteiger partial charge >= 0.3 is 5.97 Å². The van der Waals surface area contributed by atoms with Gasteiger partial charge in [0.1, 0.15) is 5.54 Å². The van der Waals surface area contributed by atoms with Crippen LogP contribution in [-0.4, -0.2) is 49.7 Å². The maximum atomic E-state index is 11.7. The van der Waals surface area contributed by atoms with Gasteiger partial charge in [-0.25, -0.2) is 0 Å². The molecule has 0 bridgehead atoms. The number of hydrogen-bond acceptors (Lipinski definition) is 4. The van der Waals surface area contributed by atoms with Crippen molar-refractivity contribution in [2.24, 2.45) is 0 Å². The van der Waals surface area contributed by atoms with Crippen LogP contribution in [0.25, 0.3) is 0 Å². The van der Waals surface area contributed by atoms with E-state index >= 15 is 0 Å². The predicted molar refractivity (Wildman–Crippen MR) is 69.0 cm³/mol. The Kier molecular flexibility index (Phi) is 5.40. The molecule has 1 atom stereocenters. The minimum atomic E-state index is -0.560. The molecule has 100 valence electrons. The lowest BCUT2D eigenvalue weighted by Crippen LogP contribution is -2.50. The van der Waals surface area contributed by atoms with Crippen LogP contribution in [0.5, 0.6) is 0 Å². The van der Waals surface area contributed by atoms with Gasteiger partial charge in [-0.05, 0) is 46.2 Å². The number of ether oxygens (including phenoxy) is 1. The van der Waals surface area contributed by atoms with Gasteiger partial charge in [-0.3, -0.25) is 4.79 Å². The zero-order chi connectivity index (χ0) is 12.9. The average Bonchev–Trinajstić information content (AvgIpc) is 3.17. The third-order valence-electron chi connectivity index (χ3n) is 3.66. The Morgan fingerprint density at radius 3 is 2.53 bits per heavy atom. The van der Waals surface area contributed by atoms with E-state index in [0.717, 1.165) is 25.6 Å². The van der Waals surface area contributed by atoms with E-state index in [4.69, 9.17) is 4.74 Å². The van der Waals surface area contributed by atoms with Crippen molar-refractivity contribution in [2.75, 3.05) is 27.2 Å². The first-order valence-electron chi connectivity index (χ1n) is 6.58. The van der Waals surface area contributed by atoms with Crippen LogP contribution < -0.4 is 5.32 Å². The van der Waals surface area contributed by atoms with E-state index in [1.165, 1.54) is 26.4 Å². The number of carbonyl (C=O) groups is 1. The van der Waals surface area contributed by atoms with Crippen molar-refractivity contribution in [1.29, 1.82) is 0 Å². The molecule has 0 amide bonds. The van der Waals surface area contributed by atoms with E-state index < -0.39 is 5.54 Å². The molecule has 0 aliphatic heterocycles. The van der Waals surface area contributed by atoms with Gasteiger partial charge < -0.3 is 15.0 Å². The number of methoxy groups -OCH3 is 1. The third-order valence-corrected chi connectivity index (χ3v) is 3.66. The standard InChI is InChI=1S/C13H26N2O2/c1-5-9-15(11-6-7-11)10-8-13(2,14-3)12(16)17-4/h11,14H,5-10H2,1-4H3. The lowest BCUT2D eigenvalue weighted by molar-refractivity contribution is -0.148. The van der Waals surface area contributed by atoms with Gasteiger partial charge in [0.05, 0.1) is 7.11 Å². The van der Waals surface area contributed by atoms with Gasteiger partial charge in [0.15, 0.2) is 0 Å². The minimum Gasteiger partial charge on any atom is -0.468 e. The topological polar surface area (TPSA) is 41.6 Å². The highest BCUT2D eigenvalue weighted by molar-refractivity contribution is 5.80. The van der Waals surface area contributed by atoms with Crippen LogP contribution in [-0.2, 0) is 9.53 Å². The highest BCUT2D eigenvalue weighted by atomic mass is 16.5. The predicted octanol–water partition coefficient (Wildman–Crippen LogP) is 1.40. The smallest absolute Gasteiger partial charge is 0.325 e. The molecule has 1 aliphatic carbocycles. The van der Waals surface area contributed by atoms with Crippen LogP contribution >= 0.6 is 0 Å². The van der Waals surface area contributed by atoms with Crippen LogP contribution in [0, 0.1) is 0 Å². The Labute approximate surface area is 105 Å². The molecule has 0 radical (unpaired) electrons. The maximum absolute atomic E-state index is 11.7. The molecular weight excluding hydrogens is 216 g/mol. The molecule has 1 aliphatic rings. The monoisotopic (exact) mass is 242 g/mol. The van der Waals surface area contributed by atoms with Crippen LogP contribution in [0.3, 0.4) is 0 Å². The first kappa shape index (κ1) is 14.5. The second-order valence-corrected chi connectivity index (χ2v) is 5.09. The zero-order valence-corrected chi connectivity index (χ0v) is 11.6. The van der Waals surface area contributed by atoms with Crippen LogP contribution in [0.4, 0.5) is 0 Å². The molecule has 0 spiro atoms. The normalized spacial score (nSPS) is 19.1. The Morgan fingerprint density at radius 1 is 1.47 bits per heavy atom. The average molecular weight is 242 g/mol. The highest BCUT2D eigenvalue weighted by Gasteiger charge is 2.35. The largest absolute Gasteiger partial charge is 0.468 e. The molecule has 0 aromatic heterocycles. The summed E-state index contributed by atoms with van der Waals surface area (Å²) < 4.78 is 4.85. The van der Waals surface area contributed by atoms with E-state index in [2.05, 4.69) is 17.1 Å². The van der Waals surface area contributed by atoms with E-state index in [-0.39, 0.29) is 5.97 Å². The van der Waals surface area contributed by atoms with Gasteiger partial charge in [-0.15, -0.1) is 0 Å². The molecule has 0 aromatic carbocycles. The molecule has 4 heteroatoms. The summed E-state index contributed by atoms with van der Waals surface area (Å²) in [6.45, 7) is 6.21. The molecule has 1 N–H and O–H groups in total. The summed E-state index contributed by atoms with van der Waals surface area (Å²) in [5.74, 6) is -0.174. The molecule has 0 aromatic rings. The SMILES string of the molecule is CCCN(CCC(C)(NC)C(=O)OC)C1CC1. The summed E-state index contributed by atoms with van der Waals surface area (Å²) in [5, 5.41) is 3.08. The Morgan fingerprint density at radius 2 is 2.12 bits per heavy atom. The van der Waals surface area contributed by atoms with Crippen molar-refractivity contribution in [3.8, 4) is 0 Å². The summed E-state index contributed by atoms with van der Waals surface area (Å²) in [4.78, 5) is 14.2.